The van der Waals surface area contributed by atoms with E-state index in [0.717, 1.165) is 31.2 Å². The fourth-order valence-corrected chi connectivity index (χ4v) is 7.48. The molecule has 5 aliphatic rings. The van der Waals surface area contributed by atoms with E-state index in [1.807, 2.05) is 49.1 Å². The van der Waals surface area contributed by atoms with Crippen LogP contribution in [0.3, 0.4) is 0 Å². The van der Waals surface area contributed by atoms with E-state index in [2.05, 4.69) is 5.32 Å². The average Bonchev–Trinajstić information content (AvgIpc) is 3.07. The van der Waals surface area contributed by atoms with Crippen LogP contribution in [0.15, 0.2) is 30.3 Å². The SMILES string of the molecule is CC1(C(=O)NC2C3CC4CC(C3)C(C(N)=O)C2C4)CCN(C(C)(C)c2ccccc2)C1=O. The molecule has 1 saturated heterocycles. The van der Waals surface area contributed by atoms with Crippen molar-refractivity contribution in [2.75, 3.05) is 6.54 Å². The molecule has 7 unspecified atom stereocenters. The highest BCUT2D eigenvalue weighted by molar-refractivity contribution is 6.06. The standard InChI is InChI=1S/C26H35N3O3/c1-25(2,18-7-5-4-6-8-18)29-10-9-26(3,24(29)32)23(31)28-21-17-12-15-11-16(14-17)20(22(27)30)19(21)13-15/h4-8,15-17,19-21H,9-14H2,1-3H3,(H2,27,30)(H,28,31). The summed E-state index contributed by atoms with van der Waals surface area (Å²) in [6.45, 7) is 6.42. The summed E-state index contributed by atoms with van der Waals surface area (Å²) in [6, 6.07) is 9.93. The van der Waals surface area contributed by atoms with Crippen molar-refractivity contribution in [3.05, 3.63) is 35.9 Å². The molecule has 7 atom stereocenters. The largest absolute Gasteiger partial charge is 0.369 e. The number of likely N-dealkylation sites (tertiary alicyclic amines) is 1. The molecule has 6 nitrogen and oxygen atoms in total. The number of rotatable bonds is 5. The molecule has 4 bridgehead atoms. The van der Waals surface area contributed by atoms with E-state index in [-0.39, 0.29) is 35.6 Å². The van der Waals surface area contributed by atoms with Gasteiger partial charge in [-0.25, -0.2) is 0 Å². The first-order valence-corrected chi connectivity index (χ1v) is 12.1. The van der Waals surface area contributed by atoms with E-state index >= 15 is 0 Å². The van der Waals surface area contributed by atoms with Crippen molar-refractivity contribution in [2.45, 2.75) is 64.5 Å². The number of nitrogens with one attached hydrogen (secondary N) is 1. The van der Waals surface area contributed by atoms with Crippen molar-refractivity contribution in [3.8, 4) is 0 Å². The summed E-state index contributed by atoms with van der Waals surface area (Å²) in [6.07, 6.45) is 4.63. The zero-order valence-electron chi connectivity index (χ0n) is 19.3. The minimum absolute atomic E-state index is 0.0476. The first kappa shape index (κ1) is 21.5. The van der Waals surface area contributed by atoms with Gasteiger partial charge >= 0.3 is 0 Å². The lowest BCUT2D eigenvalue weighted by Crippen LogP contribution is -2.63. The smallest absolute Gasteiger partial charge is 0.238 e. The Labute approximate surface area is 190 Å². The highest BCUT2D eigenvalue weighted by atomic mass is 16.2. The summed E-state index contributed by atoms with van der Waals surface area (Å²) in [5, 5.41) is 3.28. The van der Waals surface area contributed by atoms with Gasteiger partial charge in [0.2, 0.25) is 17.7 Å². The van der Waals surface area contributed by atoms with Crippen molar-refractivity contribution in [3.63, 3.8) is 0 Å². The third kappa shape index (κ3) is 3.09. The van der Waals surface area contributed by atoms with Crippen LogP contribution in [0.2, 0.25) is 0 Å². The van der Waals surface area contributed by atoms with Crippen LogP contribution in [0.25, 0.3) is 0 Å². The zero-order chi connectivity index (χ0) is 22.8. The van der Waals surface area contributed by atoms with E-state index in [4.69, 9.17) is 5.73 Å². The van der Waals surface area contributed by atoms with Crippen molar-refractivity contribution in [1.82, 2.24) is 10.2 Å². The fraction of sp³-hybridized carbons (Fsp3) is 0.654. The van der Waals surface area contributed by atoms with Crippen LogP contribution in [0, 0.1) is 35.0 Å². The molecule has 32 heavy (non-hydrogen) atoms. The van der Waals surface area contributed by atoms with Crippen LogP contribution in [0.4, 0.5) is 0 Å². The number of benzene rings is 1. The van der Waals surface area contributed by atoms with Gasteiger partial charge in [-0.2, -0.15) is 0 Å². The summed E-state index contributed by atoms with van der Waals surface area (Å²) in [5.74, 6) is 0.866. The number of carbonyl (C=O) groups is 3. The van der Waals surface area contributed by atoms with Gasteiger partial charge in [-0.05, 0) is 82.1 Å². The number of nitrogens with zero attached hydrogens (tertiary/aromatic N) is 1. The molecule has 1 heterocycles. The lowest BCUT2D eigenvalue weighted by molar-refractivity contribution is -0.151. The maximum Gasteiger partial charge on any atom is 0.238 e. The van der Waals surface area contributed by atoms with E-state index in [1.165, 1.54) is 0 Å². The molecule has 1 aromatic rings. The predicted molar refractivity (Wildman–Crippen MR) is 121 cm³/mol. The maximum atomic E-state index is 13.6. The van der Waals surface area contributed by atoms with Gasteiger partial charge in [0.05, 0.1) is 5.54 Å². The molecule has 1 aromatic carbocycles. The molecule has 5 fully saturated rings. The average molecular weight is 438 g/mol. The minimum atomic E-state index is -1.08. The highest BCUT2D eigenvalue weighted by Gasteiger charge is 2.58. The molecule has 0 radical (unpaired) electrons. The monoisotopic (exact) mass is 437 g/mol. The van der Waals surface area contributed by atoms with Gasteiger partial charge in [0, 0.05) is 18.5 Å². The van der Waals surface area contributed by atoms with Crippen molar-refractivity contribution in [2.24, 2.45) is 40.7 Å². The van der Waals surface area contributed by atoms with Crippen LogP contribution in [-0.2, 0) is 19.9 Å². The molecule has 0 aromatic heterocycles. The van der Waals surface area contributed by atoms with E-state index in [1.54, 1.807) is 6.92 Å². The second kappa shape index (κ2) is 7.32. The summed E-state index contributed by atoms with van der Waals surface area (Å²) < 4.78 is 0. The van der Waals surface area contributed by atoms with Gasteiger partial charge < -0.3 is 16.0 Å². The Hall–Kier alpha value is -2.37. The Bertz CT molecular complexity index is 945. The summed E-state index contributed by atoms with van der Waals surface area (Å²) in [7, 11) is 0. The fourth-order valence-electron chi connectivity index (χ4n) is 7.48. The van der Waals surface area contributed by atoms with Gasteiger partial charge in [-0.15, -0.1) is 0 Å². The normalized spacial score (nSPS) is 38.2. The summed E-state index contributed by atoms with van der Waals surface area (Å²) in [5.41, 5.74) is 5.28. The molecule has 3 amide bonds. The maximum absolute atomic E-state index is 13.6. The first-order chi connectivity index (χ1) is 15.1. The van der Waals surface area contributed by atoms with E-state index in [9.17, 15) is 14.4 Å². The Morgan fingerprint density at radius 2 is 1.78 bits per heavy atom. The number of primary amides is 1. The molecule has 0 spiro atoms. The van der Waals surface area contributed by atoms with Gasteiger partial charge in [-0.3, -0.25) is 14.4 Å². The summed E-state index contributed by atoms with van der Waals surface area (Å²) >= 11 is 0. The van der Waals surface area contributed by atoms with Crippen LogP contribution in [0.5, 0.6) is 0 Å². The highest BCUT2D eigenvalue weighted by Crippen LogP contribution is 2.56. The Morgan fingerprint density at radius 3 is 2.47 bits per heavy atom. The van der Waals surface area contributed by atoms with Crippen molar-refractivity contribution < 1.29 is 14.4 Å². The molecule has 3 N–H and O–H groups in total. The Balaban J connectivity index is 1.35. The Kier molecular flexibility index (Phi) is 4.91. The van der Waals surface area contributed by atoms with E-state index < -0.39 is 11.0 Å². The van der Waals surface area contributed by atoms with Crippen molar-refractivity contribution >= 4 is 17.7 Å². The van der Waals surface area contributed by atoms with Crippen LogP contribution in [-0.4, -0.2) is 35.2 Å². The molecule has 4 saturated carbocycles. The molecule has 1 aliphatic heterocycles. The Morgan fingerprint density at radius 1 is 1.09 bits per heavy atom. The van der Waals surface area contributed by atoms with Gasteiger partial charge in [0.15, 0.2) is 0 Å². The van der Waals surface area contributed by atoms with Crippen LogP contribution >= 0.6 is 0 Å². The number of hydrogen-bond donors (Lipinski definition) is 2. The van der Waals surface area contributed by atoms with Crippen molar-refractivity contribution in [1.29, 1.82) is 0 Å². The van der Waals surface area contributed by atoms with Crippen LogP contribution < -0.4 is 11.1 Å². The summed E-state index contributed by atoms with van der Waals surface area (Å²) in [4.78, 5) is 41.3. The quantitative estimate of drug-likeness (QED) is 0.694. The molecule has 6 heteroatoms. The molecule has 6 rings (SSSR count). The molecule has 172 valence electrons. The number of amides is 3. The third-order valence-corrected chi connectivity index (χ3v) is 9.26. The topological polar surface area (TPSA) is 92.5 Å². The minimum Gasteiger partial charge on any atom is -0.369 e. The lowest BCUT2D eigenvalue weighted by atomic mass is 9.49. The van der Waals surface area contributed by atoms with Gasteiger partial charge in [0.25, 0.3) is 0 Å². The third-order valence-electron chi connectivity index (χ3n) is 9.26. The predicted octanol–water partition coefficient (Wildman–Crippen LogP) is 2.81. The number of nitrogens with two attached hydrogens (primary N) is 1. The number of hydrogen-bond acceptors (Lipinski definition) is 3. The second-order valence-corrected chi connectivity index (χ2v) is 11.4. The molecular weight excluding hydrogens is 402 g/mol. The van der Waals surface area contributed by atoms with Gasteiger partial charge in [-0.1, -0.05) is 30.3 Å². The molecule has 4 aliphatic carbocycles. The zero-order valence-corrected chi connectivity index (χ0v) is 19.3. The van der Waals surface area contributed by atoms with Gasteiger partial charge in [0.1, 0.15) is 5.41 Å². The lowest BCUT2D eigenvalue weighted by Gasteiger charge is -2.57. The number of carbonyl (C=O) groups excluding carboxylic acids is 3. The second-order valence-electron chi connectivity index (χ2n) is 11.4. The van der Waals surface area contributed by atoms with E-state index in [0.29, 0.717) is 30.7 Å². The molecular formula is C26H35N3O3. The first-order valence-electron chi connectivity index (χ1n) is 12.1. The van der Waals surface area contributed by atoms with Crippen LogP contribution in [0.1, 0.15) is 58.4 Å².